The molecule has 3 heteroatoms. The van der Waals surface area contributed by atoms with E-state index in [-0.39, 0.29) is 6.10 Å². The Morgan fingerprint density at radius 1 is 1.19 bits per heavy atom. The van der Waals surface area contributed by atoms with Gasteiger partial charge in [0.1, 0.15) is 0 Å². The lowest BCUT2D eigenvalue weighted by Crippen LogP contribution is -2.44. The summed E-state index contributed by atoms with van der Waals surface area (Å²) in [6.45, 7) is 10.9. The van der Waals surface area contributed by atoms with Crippen molar-refractivity contribution in [2.24, 2.45) is 23.2 Å². The maximum Gasteiger partial charge on any atom is 0.0774 e. The summed E-state index contributed by atoms with van der Waals surface area (Å²) in [5, 5.41) is 30.5. The number of rotatable bonds is 8. The number of allylic oxidation sites excluding steroid dienone is 2. The van der Waals surface area contributed by atoms with Crippen molar-refractivity contribution >= 4 is 0 Å². The number of aliphatic hydroxyl groups is 3. The van der Waals surface area contributed by atoms with E-state index in [1.165, 1.54) is 44.1 Å². The molecular weight excluding hydrogens is 384 g/mol. The normalized spacial score (nSPS) is 35.5. The second-order valence-corrected chi connectivity index (χ2v) is 12.0. The third-order valence-corrected chi connectivity index (χ3v) is 9.07. The van der Waals surface area contributed by atoms with Crippen molar-refractivity contribution < 1.29 is 15.3 Å². The van der Waals surface area contributed by atoms with Crippen LogP contribution in [0.15, 0.2) is 22.8 Å². The van der Waals surface area contributed by atoms with Gasteiger partial charge in [0.25, 0.3) is 0 Å². The van der Waals surface area contributed by atoms with Gasteiger partial charge in [-0.2, -0.15) is 0 Å². The van der Waals surface area contributed by atoms with Gasteiger partial charge in [0.05, 0.1) is 17.8 Å². The van der Waals surface area contributed by atoms with Crippen LogP contribution in [0.1, 0.15) is 112 Å². The zero-order chi connectivity index (χ0) is 22.8. The number of hydrogen-bond donors (Lipinski definition) is 3. The van der Waals surface area contributed by atoms with Crippen LogP contribution < -0.4 is 0 Å². The molecule has 0 aromatic rings. The molecule has 0 amide bonds. The zero-order valence-corrected chi connectivity index (χ0v) is 20.8. The van der Waals surface area contributed by atoms with Gasteiger partial charge in [-0.15, -0.1) is 0 Å². The third kappa shape index (κ3) is 6.03. The first-order valence-electron chi connectivity index (χ1n) is 13.0. The standard InChI is InChI=1S/C28H48O3/c1-19(9-7-15-27(3,4)31)24-11-6-12-25-21(10-8-16-28(24,25)5)13-14-22-17-23(29)18-26(30)20(22)2/h10,19,23-26,29-31H,6-9,11-18H2,1-5H3/t19-,23-,24-,25+,26+,28-/m1/s1. The van der Waals surface area contributed by atoms with E-state index in [9.17, 15) is 15.3 Å². The second kappa shape index (κ2) is 10.1. The minimum atomic E-state index is -0.549. The SMILES string of the molecule is CC1=C(CCC2=CCC[C@]3(C)[C@@H]([C@H](C)CCCC(C)(C)O)CCC[C@@H]23)C[C@@H](O)C[C@@H]1O. The summed E-state index contributed by atoms with van der Waals surface area (Å²) < 4.78 is 0. The summed E-state index contributed by atoms with van der Waals surface area (Å²) in [5.74, 6) is 2.18. The molecule has 0 aromatic heterocycles. The van der Waals surface area contributed by atoms with Crippen LogP contribution in [0.3, 0.4) is 0 Å². The van der Waals surface area contributed by atoms with Crippen LogP contribution in [-0.4, -0.2) is 33.1 Å². The van der Waals surface area contributed by atoms with Gasteiger partial charge < -0.3 is 15.3 Å². The van der Waals surface area contributed by atoms with Crippen molar-refractivity contribution in [3.8, 4) is 0 Å². The monoisotopic (exact) mass is 432 g/mol. The fraction of sp³-hybridized carbons (Fsp3) is 0.857. The Labute approximate surface area is 191 Å². The van der Waals surface area contributed by atoms with Crippen molar-refractivity contribution in [2.75, 3.05) is 0 Å². The molecular formula is C28H48O3. The average molecular weight is 433 g/mol. The molecule has 0 heterocycles. The topological polar surface area (TPSA) is 60.7 Å². The Balaban J connectivity index is 1.65. The molecule has 3 aliphatic rings. The molecule has 0 bridgehead atoms. The maximum absolute atomic E-state index is 10.3. The van der Waals surface area contributed by atoms with E-state index in [1.54, 1.807) is 5.57 Å². The van der Waals surface area contributed by atoms with E-state index in [0.29, 0.717) is 23.7 Å². The van der Waals surface area contributed by atoms with Crippen LogP contribution in [-0.2, 0) is 0 Å². The van der Waals surface area contributed by atoms with E-state index in [1.807, 2.05) is 13.8 Å². The van der Waals surface area contributed by atoms with Crippen LogP contribution >= 0.6 is 0 Å². The Morgan fingerprint density at radius 2 is 1.94 bits per heavy atom. The Morgan fingerprint density at radius 3 is 2.65 bits per heavy atom. The average Bonchev–Trinajstić information content (AvgIpc) is 2.67. The van der Waals surface area contributed by atoms with Gasteiger partial charge in [-0.05, 0) is 101 Å². The van der Waals surface area contributed by atoms with Gasteiger partial charge in [-0.25, -0.2) is 0 Å². The molecule has 0 aromatic carbocycles. The lowest BCUT2D eigenvalue weighted by atomic mass is 9.52. The van der Waals surface area contributed by atoms with Gasteiger partial charge >= 0.3 is 0 Å². The molecule has 3 rings (SSSR count). The zero-order valence-electron chi connectivity index (χ0n) is 20.8. The fourth-order valence-electron chi connectivity index (χ4n) is 7.20. The third-order valence-electron chi connectivity index (χ3n) is 9.07. The molecule has 3 N–H and O–H groups in total. The van der Waals surface area contributed by atoms with Gasteiger partial charge in [0.2, 0.25) is 0 Å². The molecule has 0 radical (unpaired) electrons. The molecule has 3 aliphatic carbocycles. The number of fused-ring (bicyclic) bond motifs is 1. The highest BCUT2D eigenvalue weighted by Gasteiger charge is 2.47. The Kier molecular flexibility index (Phi) is 8.14. The molecule has 0 unspecified atom stereocenters. The Hall–Kier alpha value is -0.640. The predicted molar refractivity (Wildman–Crippen MR) is 129 cm³/mol. The number of aliphatic hydroxyl groups excluding tert-OH is 2. The van der Waals surface area contributed by atoms with Gasteiger partial charge in [0, 0.05) is 6.42 Å². The minimum absolute atomic E-state index is 0.386. The van der Waals surface area contributed by atoms with Crippen molar-refractivity contribution in [1.82, 2.24) is 0 Å². The quantitative estimate of drug-likeness (QED) is 0.393. The highest BCUT2D eigenvalue weighted by atomic mass is 16.3. The smallest absolute Gasteiger partial charge is 0.0774 e. The largest absolute Gasteiger partial charge is 0.393 e. The molecule has 178 valence electrons. The fourth-order valence-corrected chi connectivity index (χ4v) is 7.20. The first kappa shape index (κ1) is 25.0. The van der Waals surface area contributed by atoms with Crippen LogP contribution in [0.2, 0.25) is 0 Å². The van der Waals surface area contributed by atoms with Gasteiger partial charge in [-0.3, -0.25) is 0 Å². The Bertz CT molecular complexity index is 670. The van der Waals surface area contributed by atoms with Gasteiger partial charge in [-0.1, -0.05) is 50.3 Å². The molecule has 1 saturated carbocycles. The van der Waals surface area contributed by atoms with E-state index in [0.717, 1.165) is 43.6 Å². The summed E-state index contributed by atoms with van der Waals surface area (Å²) in [6, 6.07) is 0. The highest BCUT2D eigenvalue weighted by molar-refractivity contribution is 5.24. The summed E-state index contributed by atoms with van der Waals surface area (Å²) >= 11 is 0. The van der Waals surface area contributed by atoms with E-state index < -0.39 is 11.7 Å². The maximum atomic E-state index is 10.3. The van der Waals surface area contributed by atoms with Crippen molar-refractivity contribution in [3.63, 3.8) is 0 Å². The van der Waals surface area contributed by atoms with Gasteiger partial charge in [0.15, 0.2) is 0 Å². The van der Waals surface area contributed by atoms with Crippen molar-refractivity contribution in [3.05, 3.63) is 22.8 Å². The second-order valence-electron chi connectivity index (χ2n) is 12.0. The summed E-state index contributed by atoms with van der Waals surface area (Å²) in [6.07, 6.45) is 14.7. The van der Waals surface area contributed by atoms with Crippen LogP contribution in [0, 0.1) is 23.2 Å². The van der Waals surface area contributed by atoms with E-state index in [2.05, 4.69) is 26.8 Å². The lowest BCUT2D eigenvalue weighted by molar-refractivity contribution is 0.00435. The molecule has 0 aliphatic heterocycles. The molecule has 3 nitrogen and oxygen atoms in total. The summed E-state index contributed by atoms with van der Waals surface area (Å²) in [5.41, 5.74) is 3.88. The number of hydrogen-bond acceptors (Lipinski definition) is 3. The van der Waals surface area contributed by atoms with Crippen molar-refractivity contribution in [1.29, 1.82) is 0 Å². The van der Waals surface area contributed by atoms with Crippen molar-refractivity contribution in [2.45, 2.75) is 129 Å². The van der Waals surface area contributed by atoms with E-state index in [4.69, 9.17) is 0 Å². The van der Waals surface area contributed by atoms with Crippen LogP contribution in [0.5, 0.6) is 0 Å². The first-order chi connectivity index (χ1) is 14.5. The molecule has 0 spiro atoms. The molecule has 31 heavy (non-hydrogen) atoms. The summed E-state index contributed by atoms with van der Waals surface area (Å²) in [7, 11) is 0. The first-order valence-corrected chi connectivity index (χ1v) is 13.0. The van der Waals surface area contributed by atoms with E-state index >= 15 is 0 Å². The molecule has 1 fully saturated rings. The minimum Gasteiger partial charge on any atom is -0.393 e. The predicted octanol–water partition coefficient (Wildman–Crippen LogP) is 6.32. The van der Waals surface area contributed by atoms with Crippen LogP contribution in [0.25, 0.3) is 0 Å². The molecule has 6 atom stereocenters. The van der Waals surface area contributed by atoms with Crippen LogP contribution in [0.4, 0.5) is 0 Å². The molecule has 0 saturated heterocycles. The highest BCUT2D eigenvalue weighted by Crippen LogP contribution is 2.57. The summed E-state index contributed by atoms with van der Waals surface area (Å²) in [4.78, 5) is 0. The lowest BCUT2D eigenvalue weighted by Gasteiger charge is -2.53.